The highest BCUT2D eigenvalue weighted by atomic mass is 28.4. The monoisotopic (exact) mass is 314 g/mol. The molecule has 0 unspecified atom stereocenters. The Morgan fingerprint density at radius 2 is 1.00 bits per heavy atom. The summed E-state index contributed by atoms with van der Waals surface area (Å²) in [5.41, 5.74) is 0. The molecule has 21 heavy (non-hydrogen) atoms. The van der Waals surface area contributed by atoms with Gasteiger partial charge in [-0.3, -0.25) is 0 Å². The van der Waals surface area contributed by atoms with E-state index in [1.807, 2.05) is 0 Å². The first-order chi connectivity index (χ1) is 10.1. The Balaban J connectivity index is 3.18. The van der Waals surface area contributed by atoms with Gasteiger partial charge < -0.3 is 4.43 Å². The van der Waals surface area contributed by atoms with Crippen LogP contribution in [0.3, 0.4) is 0 Å². The van der Waals surface area contributed by atoms with Crippen molar-refractivity contribution in [2.75, 3.05) is 6.61 Å². The maximum atomic E-state index is 6.02. The molecule has 0 aromatic heterocycles. The molecule has 0 aliphatic rings. The maximum absolute atomic E-state index is 6.02. The van der Waals surface area contributed by atoms with Crippen molar-refractivity contribution in [1.29, 1.82) is 0 Å². The Kier molecular flexibility index (Phi) is 15.2. The third-order valence-electron chi connectivity index (χ3n) is 4.33. The van der Waals surface area contributed by atoms with Gasteiger partial charge in [0.1, 0.15) is 0 Å². The van der Waals surface area contributed by atoms with Gasteiger partial charge in [-0.15, -0.1) is 0 Å². The molecule has 0 aromatic carbocycles. The molecule has 2 heteroatoms. The van der Waals surface area contributed by atoms with Gasteiger partial charge in [-0.25, -0.2) is 0 Å². The lowest BCUT2D eigenvalue weighted by Crippen LogP contribution is -2.30. The Bertz CT molecular complexity index is 204. The summed E-state index contributed by atoms with van der Waals surface area (Å²) in [6, 6.07) is 1.35. The summed E-state index contributed by atoms with van der Waals surface area (Å²) in [7, 11) is -1.32. The normalized spacial score (nSPS) is 12.0. The summed E-state index contributed by atoms with van der Waals surface area (Å²) < 4.78 is 6.02. The van der Waals surface area contributed by atoms with Crippen molar-refractivity contribution in [3.63, 3.8) is 0 Å². The van der Waals surface area contributed by atoms with Crippen LogP contribution < -0.4 is 0 Å². The van der Waals surface area contributed by atoms with E-state index in [2.05, 4.69) is 26.9 Å². The van der Waals surface area contributed by atoms with Crippen molar-refractivity contribution in [2.45, 2.75) is 116 Å². The van der Waals surface area contributed by atoms with Crippen molar-refractivity contribution in [3.8, 4) is 0 Å². The fourth-order valence-corrected chi connectivity index (χ4v) is 4.84. The second kappa shape index (κ2) is 15.1. The first kappa shape index (κ1) is 21.2. The van der Waals surface area contributed by atoms with E-state index in [4.69, 9.17) is 4.43 Å². The van der Waals surface area contributed by atoms with Gasteiger partial charge in [0.05, 0.1) is 0 Å². The van der Waals surface area contributed by atoms with Gasteiger partial charge in [-0.2, -0.15) is 0 Å². The fourth-order valence-electron chi connectivity index (χ4n) is 2.84. The average molecular weight is 315 g/mol. The molecule has 128 valence electrons. The molecule has 0 bridgehead atoms. The second-order valence-electron chi connectivity index (χ2n) is 7.25. The minimum atomic E-state index is -1.32. The van der Waals surface area contributed by atoms with Gasteiger partial charge in [-0.1, -0.05) is 90.9 Å². The molecule has 1 nitrogen and oxygen atoms in total. The number of hydrogen-bond acceptors (Lipinski definition) is 1. The SMILES string of the molecule is CCCCCCCCCCCCCC[Si](C)(C)OCCC. The van der Waals surface area contributed by atoms with Crippen LogP contribution in [0, 0.1) is 0 Å². The predicted molar refractivity (Wildman–Crippen MR) is 99.6 cm³/mol. The van der Waals surface area contributed by atoms with Crippen LogP contribution >= 0.6 is 0 Å². The van der Waals surface area contributed by atoms with Gasteiger partial charge in [0.15, 0.2) is 8.32 Å². The molecule has 0 amide bonds. The minimum Gasteiger partial charge on any atom is -0.417 e. The van der Waals surface area contributed by atoms with Crippen molar-refractivity contribution in [1.82, 2.24) is 0 Å². The summed E-state index contributed by atoms with van der Waals surface area (Å²) in [5, 5.41) is 0. The van der Waals surface area contributed by atoms with E-state index in [-0.39, 0.29) is 0 Å². The Morgan fingerprint density at radius 3 is 1.43 bits per heavy atom. The van der Waals surface area contributed by atoms with Crippen LogP contribution in [0.1, 0.15) is 97.3 Å². The third-order valence-corrected chi connectivity index (χ3v) is 6.87. The lowest BCUT2D eigenvalue weighted by molar-refractivity contribution is 0.305. The summed E-state index contributed by atoms with van der Waals surface area (Å²) in [6.07, 6.45) is 18.4. The summed E-state index contributed by atoms with van der Waals surface area (Å²) in [6.45, 7) is 10.2. The van der Waals surface area contributed by atoms with Crippen molar-refractivity contribution >= 4 is 8.32 Å². The van der Waals surface area contributed by atoms with Crippen LogP contribution in [-0.2, 0) is 4.43 Å². The Hall–Kier alpha value is 0.177. The molecule has 0 saturated heterocycles. The van der Waals surface area contributed by atoms with Crippen LogP contribution in [0.4, 0.5) is 0 Å². The first-order valence-electron chi connectivity index (χ1n) is 9.76. The number of hydrogen-bond donors (Lipinski definition) is 0. The van der Waals surface area contributed by atoms with Crippen LogP contribution in [0.25, 0.3) is 0 Å². The van der Waals surface area contributed by atoms with Crippen LogP contribution in [0.5, 0.6) is 0 Å². The zero-order chi connectivity index (χ0) is 15.8. The molecule has 0 N–H and O–H groups in total. The van der Waals surface area contributed by atoms with Crippen molar-refractivity contribution in [3.05, 3.63) is 0 Å². The lowest BCUT2D eigenvalue weighted by Gasteiger charge is -2.22. The molecule has 0 aromatic rings. The van der Waals surface area contributed by atoms with Gasteiger partial charge in [0.2, 0.25) is 0 Å². The average Bonchev–Trinajstić information content (AvgIpc) is 2.46. The molecular weight excluding hydrogens is 272 g/mol. The highest BCUT2D eigenvalue weighted by Crippen LogP contribution is 2.18. The molecule has 0 aliphatic carbocycles. The molecule has 0 atom stereocenters. The summed E-state index contributed by atoms with van der Waals surface area (Å²) >= 11 is 0. The van der Waals surface area contributed by atoms with E-state index in [9.17, 15) is 0 Å². The fraction of sp³-hybridized carbons (Fsp3) is 1.00. The van der Waals surface area contributed by atoms with Gasteiger partial charge >= 0.3 is 0 Å². The largest absolute Gasteiger partial charge is 0.417 e. The van der Waals surface area contributed by atoms with Gasteiger partial charge in [-0.05, 0) is 25.6 Å². The van der Waals surface area contributed by atoms with Gasteiger partial charge in [0.25, 0.3) is 0 Å². The predicted octanol–water partition coefficient (Wildman–Crippen LogP) is 7.32. The second-order valence-corrected chi connectivity index (χ2v) is 11.6. The zero-order valence-corrected chi connectivity index (χ0v) is 16.5. The molecule has 0 rings (SSSR count). The standard InChI is InChI=1S/C19H42OSi/c1-5-7-8-9-10-11-12-13-14-15-16-17-19-21(3,4)20-18-6-2/h5-19H2,1-4H3. The summed E-state index contributed by atoms with van der Waals surface area (Å²) in [4.78, 5) is 0. The Labute approximate surface area is 136 Å². The van der Waals surface area contributed by atoms with Gasteiger partial charge in [0, 0.05) is 6.61 Å². The minimum absolute atomic E-state index is 0.970. The highest BCUT2D eigenvalue weighted by Gasteiger charge is 2.20. The highest BCUT2D eigenvalue weighted by molar-refractivity contribution is 6.71. The van der Waals surface area contributed by atoms with Crippen molar-refractivity contribution < 1.29 is 4.43 Å². The van der Waals surface area contributed by atoms with E-state index in [1.54, 1.807) is 0 Å². The third kappa shape index (κ3) is 16.4. The molecule has 0 fully saturated rings. The number of rotatable bonds is 16. The first-order valence-corrected chi connectivity index (χ1v) is 12.9. The van der Waals surface area contributed by atoms with E-state index < -0.39 is 8.32 Å². The Morgan fingerprint density at radius 1 is 0.571 bits per heavy atom. The summed E-state index contributed by atoms with van der Waals surface area (Å²) in [5.74, 6) is 0. The molecule has 0 aliphatic heterocycles. The van der Waals surface area contributed by atoms with Crippen LogP contribution in [-0.4, -0.2) is 14.9 Å². The maximum Gasteiger partial charge on any atom is 0.186 e. The van der Waals surface area contributed by atoms with E-state index >= 15 is 0 Å². The van der Waals surface area contributed by atoms with Crippen molar-refractivity contribution in [2.24, 2.45) is 0 Å². The zero-order valence-electron chi connectivity index (χ0n) is 15.5. The topological polar surface area (TPSA) is 9.23 Å². The lowest BCUT2D eigenvalue weighted by atomic mass is 10.1. The molecule has 0 heterocycles. The quantitative estimate of drug-likeness (QED) is 0.214. The molecular formula is C19H42OSi. The van der Waals surface area contributed by atoms with E-state index in [0.29, 0.717) is 0 Å². The smallest absolute Gasteiger partial charge is 0.186 e. The molecule has 0 spiro atoms. The number of unbranched alkanes of at least 4 members (excludes halogenated alkanes) is 11. The van der Waals surface area contributed by atoms with Crippen LogP contribution in [0.15, 0.2) is 0 Å². The van der Waals surface area contributed by atoms with E-state index in [0.717, 1.165) is 13.0 Å². The molecule has 0 radical (unpaired) electrons. The van der Waals surface area contributed by atoms with Crippen LogP contribution in [0.2, 0.25) is 19.1 Å². The molecule has 0 saturated carbocycles. The van der Waals surface area contributed by atoms with E-state index in [1.165, 1.54) is 83.1 Å².